The van der Waals surface area contributed by atoms with Gasteiger partial charge in [0.2, 0.25) is 0 Å². The van der Waals surface area contributed by atoms with Crippen molar-refractivity contribution in [2.24, 2.45) is 22.7 Å². The van der Waals surface area contributed by atoms with E-state index < -0.39 is 0 Å². The average molecular weight is 208 g/mol. The zero-order valence-corrected chi connectivity index (χ0v) is 9.88. The summed E-state index contributed by atoms with van der Waals surface area (Å²) >= 11 is 0. The highest BCUT2D eigenvalue weighted by Gasteiger charge is 2.65. The maximum atomic E-state index is 11.8. The van der Waals surface area contributed by atoms with Gasteiger partial charge in [-0.15, -0.1) is 0 Å². The van der Waals surface area contributed by atoms with E-state index in [4.69, 9.17) is 4.74 Å². The second kappa shape index (κ2) is 2.58. The molecule has 0 amide bonds. The van der Waals surface area contributed by atoms with Crippen molar-refractivity contribution >= 4 is 5.97 Å². The molecule has 0 aromatic heterocycles. The van der Waals surface area contributed by atoms with Crippen molar-refractivity contribution in [1.29, 1.82) is 0 Å². The molecule has 0 aromatic rings. The molecule has 84 valence electrons. The SMILES string of the molecule is CC(C)C12CCC3(C)C(C1)OC(=O)C3C2. The number of carbonyl (C=O) groups is 1. The van der Waals surface area contributed by atoms with Gasteiger partial charge in [0.15, 0.2) is 0 Å². The third-order valence-corrected chi connectivity index (χ3v) is 5.66. The van der Waals surface area contributed by atoms with E-state index in [0.29, 0.717) is 11.3 Å². The van der Waals surface area contributed by atoms with Gasteiger partial charge >= 0.3 is 5.97 Å². The summed E-state index contributed by atoms with van der Waals surface area (Å²) in [5.74, 6) is 0.971. The van der Waals surface area contributed by atoms with E-state index in [1.807, 2.05) is 0 Å². The van der Waals surface area contributed by atoms with Crippen LogP contribution in [0.5, 0.6) is 0 Å². The minimum absolute atomic E-state index is 0.0877. The molecule has 1 saturated heterocycles. The summed E-state index contributed by atoms with van der Waals surface area (Å²) in [7, 11) is 0. The minimum Gasteiger partial charge on any atom is -0.462 e. The molecule has 3 aliphatic carbocycles. The van der Waals surface area contributed by atoms with E-state index in [-0.39, 0.29) is 23.4 Å². The van der Waals surface area contributed by atoms with Crippen molar-refractivity contribution in [2.75, 3.05) is 0 Å². The fourth-order valence-electron chi connectivity index (χ4n) is 4.12. The smallest absolute Gasteiger partial charge is 0.309 e. The molecule has 0 N–H and O–H groups in total. The lowest BCUT2D eigenvalue weighted by molar-refractivity contribution is -0.143. The van der Waals surface area contributed by atoms with Gasteiger partial charge in [-0.25, -0.2) is 0 Å². The van der Waals surface area contributed by atoms with Gasteiger partial charge in [0.1, 0.15) is 6.10 Å². The number of esters is 1. The monoisotopic (exact) mass is 208 g/mol. The molecule has 0 spiro atoms. The molecular formula is C13H20O2. The van der Waals surface area contributed by atoms with Crippen LogP contribution in [0.2, 0.25) is 0 Å². The Morgan fingerprint density at radius 3 is 2.67 bits per heavy atom. The van der Waals surface area contributed by atoms with Crippen LogP contribution in [0.25, 0.3) is 0 Å². The first-order chi connectivity index (χ1) is 6.98. The molecule has 2 heteroatoms. The first-order valence-electron chi connectivity index (χ1n) is 6.18. The van der Waals surface area contributed by atoms with Gasteiger partial charge in [0, 0.05) is 5.41 Å². The molecule has 4 atom stereocenters. The van der Waals surface area contributed by atoms with Crippen LogP contribution in [-0.4, -0.2) is 12.1 Å². The van der Waals surface area contributed by atoms with E-state index in [1.54, 1.807) is 0 Å². The average Bonchev–Trinajstić information content (AvgIpc) is 2.34. The number of fused-ring (bicyclic) bond motifs is 1. The van der Waals surface area contributed by atoms with Crippen molar-refractivity contribution in [3.8, 4) is 0 Å². The number of hydrogen-bond donors (Lipinski definition) is 0. The Hall–Kier alpha value is -0.530. The van der Waals surface area contributed by atoms with Crippen molar-refractivity contribution in [1.82, 2.24) is 0 Å². The molecule has 1 aliphatic heterocycles. The Kier molecular flexibility index (Phi) is 1.67. The van der Waals surface area contributed by atoms with Crippen LogP contribution in [0.4, 0.5) is 0 Å². The summed E-state index contributed by atoms with van der Waals surface area (Å²) in [4.78, 5) is 11.8. The molecular weight excluding hydrogens is 188 g/mol. The highest BCUT2D eigenvalue weighted by atomic mass is 16.6. The second-order valence-electron chi connectivity index (χ2n) is 6.41. The van der Waals surface area contributed by atoms with Crippen LogP contribution in [0.3, 0.4) is 0 Å². The molecule has 4 unspecified atom stereocenters. The minimum atomic E-state index is 0.0877. The standard InChI is InChI=1S/C13H20O2/c1-8(2)13-5-4-12(3)9(6-13)11(14)15-10(12)7-13/h8-10H,4-7H2,1-3H3. The Labute approximate surface area is 91.4 Å². The molecule has 4 bridgehead atoms. The predicted molar refractivity (Wildman–Crippen MR) is 57.2 cm³/mol. The van der Waals surface area contributed by atoms with Gasteiger partial charge in [0.25, 0.3) is 0 Å². The molecule has 4 aliphatic rings. The molecule has 4 rings (SSSR count). The maximum Gasteiger partial charge on any atom is 0.309 e. The summed E-state index contributed by atoms with van der Waals surface area (Å²) in [6.07, 6.45) is 4.90. The third kappa shape index (κ3) is 0.982. The predicted octanol–water partition coefficient (Wildman–Crippen LogP) is 2.76. The van der Waals surface area contributed by atoms with E-state index in [1.165, 1.54) is 12.8 Å². The third-order valence-electron chi connectivity index (χ3n) is 5.66. The molecule has 2 nitrogen and oxygen atoms in total. The first-order valence-corrected chi connectivity index (χ1v) is 6.18. The van der Waals surface area contributed by atoms with E-state index in [0.717, 1.165) is 12.8 Å². The van der Waals surface area contributed by atoms with E-state index >= 15 is 0 Å². The van der Waals surface area contributed by atoms with Crippen LogP contribution >= 0.6 is 0 Å². The Morgan fingerprint density at radius 1 is 1.33 bits per heavy atom. The van der Waals surface area contributed by atoms with Gasteiger partial charge in [-0.05, 0) is 37.0 Å². The molecule has 3 saturated carbocycles. The number of ether oxygens (including phenoxy) is 1. The lowest BCUT2D eigenvalue weighted by atomic mass is 9.47. The van der Waals surface area contributed by atoms with Crippen LogP contribution in [-0.2, 0) is 9.53 Å². The Balaban J connectivity index is 2.02. The molecule has 0 aromatic carbocycles. The fourth-order valence-corrected chi connectivity index (χ4v) is 4.12. The lowest BCUT2D eigenvalue weighted by Gasteiger charge is -2.55. The summed E-state index contributed by atoms with van der Waals surface area (Å²) in [6.45, 7) is 6.87. The first kappa shape index (κ1) is 9.68. The zero-order chi connectivity index (χ0) is 10.8. The molecule has 0 radical (unpaired) electrons. The van der Waals surface area contributed by atoms with Crippen molar-refractivity contribution in [3.63, 3.8) is 0 Å². The molecule has 15 heavy (non-hydrogen) atoms. The quantitative estimate of drug-likeness (QED) is 0.619. The van der Waals surface area contributed by atoms with Crippen LogP contribution in [0.1, 0.15) is 46.5 Å². The van der Waals surface area contributed by atoms with Gasteiger partial charge in [-0.1, -0.05) is 20.8 Å². The summed E-state index contributed by atoms with van der Waals surface area (Å²) in [6, 6.07) is 0. The van der Waals surface area contributed by atoms with Gasteiger partial charge in [0.05, 0.1) is 5.92 Å². The lowest BCUT2D eigenvalue weighted by Crippen LogP contribution is -2.53. The maximum absolute atomic E-state index is 11.8. The molecule has 4 fully saturated rings. The van der Waals surface area contributed by atoms with Crippen LogP contribution in [0, 0.1) is 22.7 Å². The normalized spacial score (nSPS) is 52.4. The zero-order valence-electron chi connectivity index (χ0n) is 9.88. The topological polar surface area (TPSA) is 26.3 Å². The van der Waals surface area contributed by atoms with Crippen molar-refractivity contribution in [2.45, 2.75) is 52.6 Å². The summed E-state index contributed by atoms with van der Waals surface area (Å²) in [5, 5.41) is 0. The summed E-state index contributed by atoms with van der Waals surface area (Å²) < 4.78 is 5.56. The van der Waals surface area contributed by atoms with Crippen molar-refractivity contribution in [3.05, 3.63) is 0 Å². The van der Waals surface area contributed by atoms with Crippen LogP contribution < -0.4 is 0 Å². The highest BCUT2D eigenvalue weighted by Crippen LogP contribution is 2.65. The number of carbonyl (C=O) groups excluding carboxylic acids is 1. The summed E-state index contributed by atoms with van der Waals surface area (Å²) in [5.41, 5.74) is 0.576. The number of hydrogen-bond acceptors (Lipinski definition) is 2. The van der Waals surface area contributed by atoms with E-state index in [9.17, 15) is 4.79 Å². The van der Waals surface area contributed by atoms with Gasteiger partial charge < -0.3 is 4.74 Å². The van der Waals surface area contributed by atoms with Crippen molar-refractivity contribution < 1.29 is 9.53 Å². The fraction of sp³-hybridized carbons (Fsp3) is 0.923. The Bertz CT molecular complexity index is 322. The second-order valence-corrected chi connectivity index (χ2v) is 6.41. The Morgan fingerprint density at radius 2 is 2.07 bits per heavy atom. The van der Waals surface area contributed by atoms with Gasteiger partial charge in [-0.2, -0.15) is 0 Å². The largest absolute Gasteiger partial charge is 0.462 e. The van der Waals surface area contributed by atoms with Crippen LogP contribution in [0.15, 0.2) is 0 Å². The van der Waals surface area contributed by atoms with E-state index in [2.05, 4.69) is 20.8 Å². The highest BCUT2D eigenvalue weighted by molar-refractivity contribution is 5.77. The van der Waals surface area contributed by atoms with Gasteiger partial charge in [-0.3, -0.25) is 4.79 Å². The molecule has 1 heterocycles. The number of rotatable bonds is 1.